The standard InChI is InChI=1S/C27H29ClN2O3/c1-3-9-25(31)30(19-20-14-16-23(28)17-15-20)26(21-10-5-4-6-11-21)27(32)29-18-22-12-7-8-13-24(22)33-2/h4-8,10-17,26H,3,9,18-19H2,1-2H3,(H,29,32)/t26-/m0/s1. The van der Waals surface area contributed by atoms with E-state index in [2.05, 4.69) is 5.32 Å². The maximum atomic E-state index is 13.5. The second-order valence-electron chi connectivity index (χ2n) is 7.74. The molecule has 172 valence electrons. The van der Waals surface area contributed by atoms with Gasteiger partial charge in [0, 0.05) is 30.1 Å². The maximum Gasteiger partial charge on any atom is 0.247 e. The molecule has 6 heteroatoms. The van der Waals surface area contributed by atoms with Crippen molar-refractivity contribution in [2.75, 3.05) is 7.11 Å². The van der Waals surface area contributed by atoms with Crippen molar-refractivity contribution in [2.24, 2.45) is 0 Å². The van der Waals surface area contributed by atoms with Crippen molar-refractivity contribution in [2.45, 2.75) is 38.9 Å². The first-order valence-corrected chi connectivity index (χ1v) is 11.4. The van der Waals surface area contributed by atoms with Crippen LogP contribution in [0.2, 0.25) is 5.02 Å². The van der Waals surface area contributed by atoms with Gasteiger partial charge < -0.3 is 15.0 Å². The number of halogens is 1. The Balaban J connectivity index is 1.92. The van der Waals surface area contributed by atoms with Crippen LogP contribution in [0.25, 0.3) is 0 Å². The topological polar surface area (TPSA) is 58.6 Å². The minimum absolute atomic E-state index is 0.0752. The average Bonchev–Trinajstić information content (AvgIpc) is 2.84. The van der Waals surface area contributed by atoms with Gasteiger partial charge in [-0.1, -0.05) is 79.2 Å². The third kappa shape index (κ3) is 6.59. The van der Waals surface area contributed by atoms with Gasteiger partial charge in [0.15, 0.2) is 0 Å². The van der Waals surface area contributed by atoms with Crippen molar-refractivity contribution < 1.29 is 14.3 Å². The summed E-state index contributed by atoms with van der Waals surface area (Å²) in [5.74, 6) is 0.383. The number of carbonyl (C=O) groups excluding carboxylic acids is 2. The van der Waals surface area contributed by atoms with Crippen LogP contribution in [0.15, 0.2) is 78.9 Å². The molecule has 3 aromatic carbocycles. The summed E-state index contributed by atoms with van der Waals surface area (Å²) in [6.07, 6.45) is 1.05. The third-order valence-electron chi connectivity index (χ3n) is 5.37. The first-order chi connectivity index (χ1) is 16.0. The van der Waals surface area contributed by atoms with E-state index in [1.54, 1.807) is 24.1 Å². The van der Waals surface area contributed by atoms with E-state index < -0.39 is 6.04 Å². The minimum Gasteiger partial charge on any atom is -0.496 e. The molecule has 0 unspecified atom stereocenters. The van der Waals surface area contributed by atoms with Crippen molar-refractivity contribution in [1.82, 2.24) is 10.2 Å². The lowest BCUT2D eigenvalue weighted by Crippen LogP contribution is -2.43. The average molecular weight is 465 g/mol. The number of nitrogens with one attached hydrogen (secondary N) is 1. The van der Waals surface area contributed by atoms with Crippen LogP contribution in [0.5, 0.6) is 5.75 Å². The van der Waals surface area contributed by atoms with Crippen molar-refractivity contribution in [3.8, 4) is 5.75 Å². The fourth-order valence-corrected chi connectivity index (χ4v) is 3.83. The molecule has 0 saturated carbocycles. The van der Waals surface area contributed by atoms with Crippen LogP contribution in [0, 0.1) is 0 Å². The Bertz CT molecular complexity index is 1050. The Hall–Kier alpha value is -3.31. The molecular weight excluding hydrogens is 436 g/mol. The number of amides is 2. The van der Waals surface area contributed by atoms with E-state index in [0.29, 0.717) is 36.7 Å². The second kappa shape index (κ2) is 12.1. The predicted molar refractivity (Wildman–Crippen MR) is 131 cm³/mol. The largest absolute Gasteiger partial charge is 0.496 e. The molecule has 0 fully saturated rings. The molecule has 2 amide bonds. The molecule has 0 aliphatic carbocycles. The summed E-state index contributed by atoms with van der Waals surface area (Å²) in [7, 11) is 1.60. The lowest BCUT2D eigenvalue weighted by Gasteiger charge is -2.32. The third-order valence-corrected chi connectivity index (χ3v) is 5.62. The van der Waals surface area contributed by atoms with Crippen LogP contribution in [0.3, 0.4) is 0 Å². The van der Waals surface area contributed by atoms with Gasteiger partial charge >= 0.3 is 0 Å². The molecule has 0 saturated heterocycles. The Kier molecular flexibility index (Phi) is 8.90. The molecule has 0 aliphatic heterocycles. The van der Waals surface area contributed by atoms with Gasteiger partial charge in [-0.05, 0) is 35.7 Å². The van der Waals surface area contributed by atoms with Crippen molar-refractivity contribution >= 4 is 23.4 Å². The summed E-state index contributed by atoms with van der Waals surface area (Å²) in [6.45, 7) is 2.55. The summed E-state index contributed by atoms with van der Waals surface area (Å²) in [6, 6.07) is 23.5. The molecule has 0 aromatic heterocycles. The van der Waals surface area contributed by atoms with Crippen molar-refractivity contribution in [3.05, 3.63) is 101 Å². The number of carbonyl (C=O) groups is 2. The molecule has 0 spiro atoms. The Morgan fingerprint density at radius 1 is 0.970 bits per heavy atom. The van der Waals surface area contributed by atoms with Crippen molar-refractivity contribution in [3.63, 3.8) is 0 Å². The fraction of sp³-hybridized carbons (Fsp3) is 0.259. The van der Waals surface area contributed by atoms with E-state index in [-0.39, 0.29) is 11.8 Å². The zero-order valence-electron chi connectivity index (χ0n) is 19.0. The highest BCUT2D eigenvalue weighted by molar-refractivity contribution is 6.30. The Labute approximate surface area is 200 Å². The summed E-state index contributed by atoms with van der Waals surface area (Å²) in [4.78, 5) is 28.4. The van der Waals surface area contributed by atoms with Gasteiger partial charge in [0.1, 0.15) is 11.8 Å². The zero-order chi connectivity index (χ0) is 23.6. The Morgan fingerprint density at radius 2 is 1.64 bits per heavy atom. The van der Waals surface area contributed by atoms with Gasteiger partial charge in [0.05, 0.1) is 7.11 Å². The molecular formula is C27H29ClN2O3. The number of para-hydroxylation sites is 1. The zero-order valence-corrected chi connectivity index (χ0v) is 19.7. The van der Waals surface area contributed by atoms with Crippen LogP contribution in [0.1, 0.15) is 42.5 Å². The van der Waals surface area contributed by atoms with Gasteiger partial charge in [0.25, 0.3) is 0 Å². The lowest BCUT2D eigenvalue weighted by atomic mass is 10.0. The van der Waals surface area contributed by atoms with Gasteiger partial charge in [-0.3, -0.25) is 9.59 Å². The number of benzene rings is 3. The molecule has 0 heterocycles. The molecule has 1 atom stereocenters. The number of hydrogen-bond donors (Lipinski definition) is 1. The van der Waals surface area contributed by atoms with Gasteiger partial charge in [-0.2, -0.15) is 0 Å². The fourth-order valence-electron chi connectivity index (χ4n) is 3.70. The van der Waals surface area contributed by atoms with Crippen molar-refractivity contribution in [1.29, 1.82) is 0 Å². The van der Waals surface area contributed by atoms with Crippen LogP contribution < -0.4 is 10.1 Å². The molecule has 0 radical (unpaired) electrons. The predicted octanol–water partition coefficient (Wildman–Crippen LogP) is 5.54. The van der Waals surface area contributed by atoms with Crippen LogP contribution >= 0.6 is 11.6 Å². The number of ether oxygens (including phenoxy) is 1. The van der Waals surface area contributed by atoms with E-state index in [0.717, 1.165) is 16.7 Å². The van der Waals surface area contributed by atoms with Gasteiger partial charge in [-0.25, -0.2) is 0 Å². The molecule has 3 rings (SSSR count). The highest BCUT2D eigenvalue weighted by Gasteiger charge is 2.31. The van der Waals surface area contributed by atoms with E-state index >= 15 is 0 Å². The summed E-state index contributed by atoms with van der Waals surface area (Å²) < 4.78 is 5.40. The summed E-state index contributed by atoms with van der Waals surface area (Å²) >= 11 is 6.04. The summed E-state index contributed by atoms with van der Waals surface area (Å²) in [5, 5.41) is 3.64. The van der Waals surface area contributed by atoms with E-state index in [4.69, 9.17) is 16.3 Å². The molecule has 3 aromatic rings. The SMILES string of the molecule is CCCC(=O)N(Cc1ccc(Cl)cc1)[C@H](C(=O)NCc1ccccc1OC)c1ccccc1. The number of hydrogen-bond acceptors (Lipinski definition) is 3. The lowest BCUT2D eigenvalue weighted by molar-refractivity contribution is -0.141. The first kappa shape index (κ1) is 24.3. The minimum atomic E-state index is -0.768. The van der Waals surface area contributed by atoms with Crippen LogP contribution in [-0.4, -0.2) is 23.8 Å². The second-order valence-corrected chi connectivity index (χ2v) is 8.18. The van der Waals surface area contributed by atoms with Gasteiger partial charge in [0.2, 0.25) is 11.8 Å². The van der Waals surface area contributed by atoms with E-state index in [9.17, 15) is 9.59 Å². The van der Waals surface area contributed by atoms with Gasteiger partial charge in [-0.15, -0.1) is 0 Å². The highest BCUT2D eigenvalue weighted by Crippen LogP contribution is 2.26. The quantitative estimate of drug-likeness (QED) is 0.429. The highest BCUT2D eigenvalue weighted by atomic mass is 35.5. The monoisotopic (exact) mass is 464 g/mol. The molecule has 1 N–H and O–H groups in total. The Morgan fingerprint density at radius 3 is 2.30 bits per heavy atom. The first-order valence-electron chi connectivity index (χ1n) is 11.0. The van der Waals surface area contributed by atoms with Crippen LogP contribution in [-0.2, 0) is 22.7 Å². The normalized spacial score (nSPS) is 11.5. The number of methoxy groups -OCH3 is 1. The van der Waals surface area contributed by atoms with E-state index in [1.165, 1.54) is 0 Å². The number of rotatable bonds is 10. The molecule has 0 aliphatic rings. The molecule has 0 bridgehead atoms. The molecule has 5 nitrogen and oxygen atoms in total. The van der Waals surface area contributed by atoms with Crippen LogP contribution in [0.4, 0.5) is 0 Å². The molecule has 33 heavy (non-hydrogen) atoms. The smallest absolute Gasteiger partial charge is 0.247 e. The van der Waals surface area contributed by atoms with E-state index in [1.807, 2.05) is 73.7 Å². The summed E-state index contributed by atoms with van der Waals surface area (Å²) in [5.41, 5.74) is 2.53. The number of nitrogens with zero attached hydrogens (tertiary/aromatic N) is 1. The maximum absolute atomic E-state index is 13.5.